The Morgan fingerprint density at radius 2 is 0.875 bits per heavy atom. The highest BCUT2D eigenvalue weighted by atomic mass is 79.9. The molecule has 0 saturated heterocycles. The van der Waals surface area contributed by atoms with E-state index in [9.17, 15) is 15.3 Å². The molecule has 0 radical (unpaired) electrons. The van der Waals surface area contributed by atoms with Crippen LogP contribution in [0.15, 0.2) is 77.3 Å². The van der Waals surface area contributed by atoms with E-state index in [1.807, 2.05) is 48.5 Å². The Kier molecular flexibility index (Phi) is 20.5. The summed E-state index contributed by atoms with van der Waals surface area (Å²) in [6.07, 6.45) is 4.55. The van der Waals surface area contributed by atoms with Crippen molar-refractivity contribution in [3.8, 4) is 23.8 Å². The first-order valence-corrected chi connectivity index (χ1v) is 19.6. The molecule has 8 heteroatoms. The van der Waals surface area contributed by atoms with Crippen LogP contribution in [0.4, 0.5) is 0 Å². The molecular formula is C40H55BrO6Si. The summed E-state index contributed by atoms with van der Waals surface area (Å²) in [5.41, 5.74) is 9.84. The van der Waals surface area contributed by atoms with Crippen molar-refractivity contribution in [1.82, 2.24) is 0 Å². The first-order valence-electron chi connectivity index (χ1n) is 16.6. The number of aliphatic hydroxyl groups is 6. The predicted octanol–water partition coefficient (Wildman–Crippen LogP) is 7.62. The molecule has 0 fully saturated rings. The van der Waals surface area contributed by atoms with Crippen LogP contribution in [0.1, 0.15) is 107 Å². The summed E-state index contributed by atoms with van der Waals surface area (Å²) in [7, 11) is -1.70. The van der Waals surface area contributed by atoms with E-state index in [0.29, 0.717) is 35.9 Å². The van der Waals surface area contributed by atoms with Crippen LogP contribution < -0.4 is 0 Å². The maximum Gasteiger partial charge on any atom is 0.146 e. The highest BCUT2D eigenvalue weighted by Gasteiger charge is 2.41. The van der Waals surface area contributed by atoms with Gasteiger partial charge in [-0.25, -0.2) is 0 Å². The van der Waals surface area contributed by atoms with Crippen LogP contribution in [-0.2, 0) is 0 Å². The average molecular weight is 740 g/mol. The largest absolute Gasteiger partial charge is 0.396 e. The molecule has 3 aromatic carbocycles. The fourth-order valence-corrected chi connectivity index (χ4v) is 11.2. The first kappa shape index (κ1) is 43.3. The lowest BCUT2D eigenvalue weighted by Crippen LogP contribution is -2.43. The summed E-state index contributed by atoms with van der Waals surface area (Å²) < 4.78 is 0.988. The summed E-state index contributed by atoms with van der Waals surface area (Å²) >= 11 is 3.30. The molecule has 3 aromatic rings. The third-order valence-electron chi connectivity index (χ3n) is 8.51. The van der Waals surface area contributed by atoms with Crippen LogP contribution in [-0.4, -0.2) is 58.5 Å². The number of hydrogen-bond donors (Lipinski definition) is 6. The maximum atomic E-state index is 9.90. The van der Waals surface area contributed by atoms with E-state index in [1.165, 1.54) is 0 Å². The van der Waals surface area contributed by atoms with E-state index in [2.05, 4.69) is 74.9 Å². The predicted molar refractivity (Wildman–Crippen MR) is 203 cm³/mol. The SMILES string of the molecule is C#Cc1ccc(C(O)CCO)cc1.CC(C)[Si](C#Cc1ccc(C(O)CCO)cc1)(C(C)C)C(C)C.OCCC(O)c1ccc(Br)cc1. The van der Waals surface area contributed by atoms with Crippen molar-refractivity contribution in [2.45, 2.75) is 95.7 Å². The first-order chi connectivity index (χ1) is 22.8. The monoisotopic (exact) mass is 738 g/mol. The lowest BCUT2D eigenvalue weighted by Gasteiger charge is -2.38. The van der Waals surface area contributed by atoms with Gasteiger partial charge in [0.2, 0.25) is 0 Å². The smallest absolute Gasteiger partial charge is 0.146 e. The number of terminal acetylenes is 1. The second-order valence-electron chi connectivity index (χ2n) is 12.7. The topological polar surface area (TPSA) is 121 Å². The summed E-state index contributed by atoms with van der Waals surface area (Å²) in [6.45, 7) is 13.9. The van der Waals surface area contributed by atoms with Gasteiger partial charge in [-0.2, -0.15) is 0 Å². The molecule has 0 aromatic heterocycles. The van der Waals surface area contributed by atoms with Crippen LogP contribution in [0.25, 0.3) is 0 Å². The Bertz CT molecular complexity index is 1380. The second kappa shape index (κ2) is 22.8. The Balaban J connectivity index is 0.000000390. The minimum Gasteiger partial charge on any atom is -0.396 e. The normalized spacial score (nSPS) is 12.9. The standard InChI is InChI=1S/C20H32O2Si.C11H12O2.C9H11BrO2/c1-15(2)23(16(3)4,17(5)6)14-12-18-7-9-19(10-8-18)20(22)11-13-21;1-2-9-3-5-10(6-4-9)11(13)7-8-12;10-8-3-1-7(2-4-8)9(12)5-6-11/h7-10,15-17,20-22H,11,13H2,1-6H3;1,3-6,11-13H,7-8H2;1-4,9,11-12H,5-6H2. The minimum atomic E-state index is -1.70. The Labute approximate surface area is 298 Å². The van der Waals surface area contributed by atoms with Crippen molar-refractivity contribution in [2.24, 2.45) is 0 Å². The molecule has 0 bridgehead atoms. The van der Waals surface area contributed by atoms with Gasteiger partial charge in [-0.05, 0) is 69.7 Å². The van der Waals surface area contributed by atoms with Gasteiger partial charge in [0.15, 0.2) is 0 Å². The Morgan fingerprint density at radius 1 is 0.562 bits per heavy atom. The molecule has 0 aliphatic carbocycles. The number of hydrogen-bond acceptors (Lipinski definition) is 6. The van der Waals surface area contributed by atoms with Gasteiger partial charge in [-0.1, -0.05) is 106 Å². The minimum absolute atomic E-state index is 0.00594. The van der Waals surface area contributed by atoms with E-state index in [4.69, 9.17) is 21.7 Å². The highest BCUT2D eigenvalue weighted by Crippen LogP contribution is 2.40. The second-order valence-corrected chi connectivity index (χ2v) is 19.2. The van der Waals surface area contributed by atoms with Gasteiger partial charge in [0.1, 0.15) is 8.07 Å². The fourth-order valence-electron chi connectivity index (χ4n) is 5.76. The zero-order valence-electron chi connectivity index (χ0n) is 29.3. The van der Waals surface area contributed by atoms with Crippen molar-refractivity contribution < 1.29 is 30.6 Å². The zero-order chi connectivity index (χ0) is 36.3. The van der Waals surface area contributed by atoms with Gasteiger partial charge in [0.05, 0.1) is 18.3 Å². The zero-order valence-corrected chi connectivity index (χ0v) is 31.9. The van der Waals surface area contributed by atoms with Gasteiger partial charge in [0, 0.05) is 54.7 Å². The van der Waals surface area contributed by atoms with E-state index < -0.39 is 26.4 Å². The van der Waals surface area contributed by atoms with E-state index in [1.54, 1.807) is 24.3 Å². The van der Waals surface area contributed by atoms with Gasteiger partial charge in [-0.3, -0.25) is 0 Å². The summed E-state index contributed by atoms with van der Waals surface area (Å²) in [4.78, 5) is 0. The van der Waals surface area contributed by atoms with Crippen LogP contribution in [0.5, 0.6) is 0 Å². The van der Waals surface area contributed by atoms with Gasteiger partial charge >= 0.3 is 0 Å². The van der Waals surface area contributed by atoms with Crippen LogP contribution in [0, 0.1) is 23.8 Å². The summed E-state index contributed by atoms with van der Waals surface area (Å²) in [5, 5.41) is 54.9. The molecule has 3 atom stereocenters. The van der Waals surface area contributed by atoms with E-state index in [-0.39, 0.29) is 19.8 Å². The fraction of sp³-hybridized carbons (Fsp3) is 0.450. The molecule has 0 saturated carbocycles. The molecule has 0 aliphatic heterocycles. The molecule has 0 heterocycles. The highest BCUT2D eigenvalue weighted by molar-refractivity contribution is 9.10. The Hall–Kier alpha value is -2.76. The number of benzene rings is 3. The molecule has 3 unspecified atom stereocenters. The van der Waals surface area contributed by atoms with Crippen molar-refractivity contribution in [1.29, 1.82) is 0 Å². The maximum absolute atomic E-state index is 9.90. The molecular weight excluding hydrogens is 684 g/mol. The molecule has 0 spiro atoms. The van der Waals surface area contributed by atoms with E-state index in [0.717, 1.165) is 32.3 Å². The number of aliphatic hydroxyl groups excluding tert-OH is 6. The molecule has 6 N–H and O–H groups in total. The van der Waals surface area contributed by atoms with Crippen molar-refractivity contribution in [2.75, 3.05) is 19.8 Å². The molecule has 0 aliphatic rings. The molecule has 0 amide bonds. The lowest BCUT2D eigenvalue weighted by molar-refractivity contribution is 0.134. The van der Waals surface area contributed by atoms with Gasteiger partial charge in [0.25, 0.3) is 0 Å². The average Bonchev–Trinajstić information content (AvgIpc) is 3.06. The number of halogens is 1. The van der Waals surface area contributed by atoms with Crippen LogP contribution in [0.3, 0.4) is 0 Å². The summed E-state index contributed by atoms with van der Waals surface area (Å²) in [6, 6.07) is 22.3. The van der Waals surface area contributed by atoms with Crippen molar-refractivity contribution in [3.05, 3.63) is 105 Å². The molecule has 3 rings (SSSR count). The Morgan fingerprint density at radius 3 is 1.17 bits per heavy atom. The molecule has 48 heavy (non-hydrogen) atoms. The lowest BCUT2D eigenvalue weighted by atomic mass is 10.1. The quantitative estimate of drug-likeness (QED) is 0.0841. The van der Waals surface area contributed by atoms with Crippen molar-refractivity contribution >= 4 is 24.0 Å². The summed E-state index contributed by atoms with van der Waals surface area (Å²) in [5.74, 6) is 5.90. The van der Waals surface area contributed by atoms with Gasteiger partial charge < -0.3 is 30.6 Å². The van der Waals surface area contributed by atoms with Crippen LogP contribution in [0.2, 0.25) is 16.6 Å². The molecule has 262 valence electrons. The third-order valence-corrected chi connectivity index (χ3v) is 15.3. The van der Waals surface area contributed by atoms with Crippen molar-refractivity contribution in [3.63, 3.8) is 0 Å². The third kappa shape index (κ3) is 14.0. The molecule has 6 nitrogen and oxygen atoms in total. The number of rotatable bonds is 12. The van der Waals surface area contributed by atoms with E-state index >= 15 is 0 Å². The van der Waals surface area contributed by atoms with Crippen LogP contribution >= 0.6 is 15.9 Å². The van der Waals surface area contributed by atoms with Gasteiger partial charge in [-0.15, -0.1) is 12.0 Å².